The summed E-state index contributed by atoms with van der Waals surface area (Å²) in [6, 6.07) is 5.03. The highest BCUT2D eigenvalue weighted by Gasteiger charge is 2.51. The van der Waals surface area contributed by atoms with Gasteiger partial charge in [0.2, 0.25) is 15.9 Å². The lowest BCUT2D eigenvalue weighted by atomic mass is 9.85. The molecule has 1 aromatic carbocycles. The van der Waals surface area contributed by atoms with E-state index >= 15 is 0 Å². The number of nitrogens with zero attached hydrogens (tertiary/aromatic N) is 2. The second kappa shape index (κ2) is 6.91. The van der Waals surface area contributed by atoms with Crippen LogP contribution in [0.5, 0.6) is 0 Å². The molecule has 27 heavy (non-hydrogen) atoms. The van der Waals surface area contributed by atoms with Crippen LogP contribution >= 0.6 is 0 Å². The second-order valence-electron chi connectivity index (χ2n) is 7.68. The lowest BCUT2D eigenvalue weighted by Crippen LogP contribution is -2.46. The van der Waals surface area contributed by atoms with Gasteiger partial charge in [0.05, 0.1) is 4.90 Å². The van der Waals surface area contributed by atoms with E-state index in [1.54, 1.807) is 17.0 Å². The third-order valence-electron chi connectivity index (χ3n) is 6.11. The van der Waals surface area contributed by atoms with E-state index in [2.05, 4.69) is 0 Å². The maximum Gasteiger partial charge on any atom is 0.322 e. The first kappa shape index (κ1) is 18.4. The van der Waals surface area contributed by atoms with Gasteiger partial charge in [-0.2, -0.15) is 4.31 Å². The molecule has 1 saturated carbocycles. The summed E-state index contributed by atoms with van der Waals surface area (Å²) < 4.78 is 27.8. The molecular formula is C19H24N2O5S. The van der Waals surface area contributed by atoms with Gasteiger partial charge in [-0.25, -0.2) is 8.42 Å². The molecule has 7 nitrogen and oxygen atoms in total. The Morgan fingerprint density at radius 2 is 1.78 bits per heavy atom. The second-order valence-corrected chi connectivity index (χ2v) is 9.52. The van der Waals surface area contributed by atoms with E-state index in [-0.39, 0.29) is 22.8 Å². The fourth-order valence-corrected chi connectivity index (χ4v) is 6.68. The lowest BCUT2D eigenvalue weighted by molar-refractivity contribution is -0.141. The third kappa shape index (κ3) is 3.14. The topological polar surface area (TPSA) is 95.0 Å². The minimum atomic E-state index is -3.91. The zero-order chi connectivity index (χ0) is 19.2. The number of carboxylic acids is 1. The van der Waals surface area contributed by atoms with Crippen molar-refractivity contribution in [2.75, 3.05) is 11.4 Å². The first-order valence-electron chi connectivity index (χ1n) is 9.56. The summed E-state index contributed by atoms with van der Waals surface area (Å²) in [5, 5.41) is 9.61. The summed E-state index contributed by atoms with van der Waals surface area (Å²) in [5.41, 5.74) is 0.684. The van der Waals surface area contributed by atoms with Crippen molar-refractivity contribution in [2.24, 2.45) is 5.92 Å². The van der Waals surface area contributed by atoms with Gasteiger partial charge in [0.25, 0.3) is 0 Å². The number of benzene rings is 1. The van der Waals surface area contributed by atoms with Crippen LogP contribution < -0.4 is 4.90 Å². The number of carbonyl (C=O) groups is 2. The number of amides is 1. The molecule has 0 radical (unpaired) electrons. The molecule has 3 atom stereocenters. The molecule has 1 N–H and O–H groups in total. The molecule has 2 heterocycles. The molecule has 3 fully saturated rings. The van der Waals surface area contributed by atoms with E-state index in [1.807, 2.05) is 0 Å². The van der Waals surface area contributed by atoms with Gasteiger partial charge in [-0.3, -0.25) is 9.59 Å². The number of carboxylic acid groups (broad SMARTS) is 1. The van der Waals surface area contributed by atoms with E-state index in [0.717, 1.165) is 25.7 Å². The van der Waals surface area contributed by atoms with E-state index in [4.69, 9.17) is 0 Å². The Morgan fingerprint density at radius 3 is 2.41 bits per heavy atom. The Hall–Kier alpha value is -1.93. The zero-order valence-corrected chi connectivity index (χ0v) is 15.9. The monoisotopic (exact) mass is 392 g/mol. The maximum absolute atomic E-state index is 13.3. The number of aliphatic carboxylic acids is 1. The van der Waals surface area contributed by atoms with E-state index in [1.165, 1.54) is 16.4 Å². The Balaban J connectivity index is 1.65. The number of fused-ring (bicyclic) bond motifs is 1. The summed E-state index contributed by atoms with van der Waals surface area (Å²) in [4.78, 5) is 25.4. The van der Waals surface area contributed by atoms with Crippen molar-refractivity contribution < 1.29 is 23.1 Å². The number of hydrogen-bond acceptors (Lipinski definition) is 4. The van der Waals surface area contributed by atoms with Crippen molar-refractivity contribution in [3.63, 3.8) is 0 Å². The van der Waals surface area contributed by atoms with Gasteiger partial charge >= 0.3 is 5.97 Å². The minimum absolute atomic E-state index is 0.0427. The Labute approximate surface area is 159 Å². The molecule has 146 valence electrons. The van der Waals surface area contributed by atoms with Gasteiger partial charge in [0.15, 0.2) is 0 Å². The van der Waals surface area contributed by atoms with Crippen molar-refractivity contribution in [2.45, 2.75) is 61.9 Å². The smallest absolute Gasteiger partial charge is 0.322 e. The minimum Gasteiger partial charge on any atom is -0.480 e. The quantitative estimate of drug-likeness (QED) is 0.848. The number of anilines is 1. The van der Waals surface area contributed by atoms with Crippen molar-refractivity contribution in [1.29, 1.82) is 0 Å². The molecule has 1 aliphatic carbocycles. The predicted molar refractivity (Wildman–Crippen MR) is 98.8 cm³/mol. The highest BCUT2D eigenvalue weighted by atomic mass is 32.2. The average Bonchev–Trinajstić information content (AvgIpc) is 3.25. The number of sulfonamides is 1. The van der Waals surface area contributed by atoms with E-state index in [0.29, 0.717) is 31.5 Å². The van der Waals surface area contributed by atoms with Gasteiger partial charge in [0.1, 0.15) is 6.04 Å². The van der Waals surface area contributed by atoms with Crippen LogP contribution in [0.4, 0.5) is 5.69 Å². The number of hydrogen-bond donors (Lipinski definition) is 1. The van der Waals surface area contributed by atoms with Crippen LogP contribution in [0.3, 0.4) is 0 Å². The molecule has 0 spiro atoms. The fourth-order valence-electron chi connectivity index (χ4n) is 4.82. The summed E-state index contributed by atoms with van der Waals surface area (Å²) in [6.07, 6.45) is 5.26. The Morgan fingerprint density at radius 1 is 1.07 bits per heavy atom. The van der Waals surface area contributed by atoms with Gasteiger partial charge < -0.3 is 10.0 Å². The molecule has 1 amide bonds. The average molecular weight is 392 g/mol. The normalized spacial score (nSPS) is 29.1. The first-order chi connectivity index (χ1) is 12.9. The van der Waals surface area contributed by atoms with Gasteiger partial charge in [0, 0.05) is 24.7 Å². The number of carbonyl (C=O) groups excluding carboxylic acids is 1. The summed E-state index contributed by atoms with van der Waals surface area (Å²) in [6.45, 7) is 0.641. The van der Waals surface area contributed by atoms with Crippen molar-refractivity contribution in [3.8, 4) is 0 Å². The molecule has 2 aliphatic heterocycles. The Bertz CT molecular complexity index is 851. The Kier molecular flexibility index (Phi) is 4.71. The highest BCUT2D eigenvalue weighted by molar-refractivity contribution is 7.89. The van der Waals surface area contributed by atoms with Crippen LogP contribution in [0.2, 0.25) is 0 Å². The first-order valence-corrected chi connectivity index (χ1v) is 11.0. The molecule has 2 saturated heterocycles. The highest BCUT2D eigenvalue weighted by Crippen LogP contribution is 2.43. The molecule has 4 rings (SSSR count). The number of rotatable bonds is 4. The van der Waals surface area contributed by atoms with Gasteiger partial charge in [-0.05, 0) is 55.9 Å². The van der Waals surface area contributed by atoms with Crippen molar-refractivity contribution in [1.82, 2.24) is 4.31 Å². The third-order valence-corrected chi connectivity index (χ3v) is 8.06. The van der Waals surface area contributed by atoms with Gasteiger partial charge in [-0.1, -0.05) is 12.8 Å². The van der Waals surface area contributed by atoms with E-state index in [9.17, 15) is 23.1 Å². The molecule has 1 aromatic rings. The van der Waals surface area contributed by atoms with Crippen molar-refractivity contribution in [3.05, 3.63) is 24.3 Å². The molecule has 8 heteroatoms. The predicted octanol–water partition coefficient (Wildman–Crippen LogP) is 2.22. The molecule has 3 aliphatic rings. The standard InChI is InChI=1S/C19H24N2O5S/c22-18-6-3-11-20(18)14-7-9-15(10-8-14)27(25,26)21-16-5-2-1-4-13(16)12-17(21)19(23)24/h7-10,13,16-17H,1-6,11-12H2,(H,23,24). The van der Waals surface area contributed by atoms with Gasteiger partial charge in [-0.15, -0.1) is 0 Å². The lowest BCUT2D eigenvalue weighted by Gasteiger charge is -2.32. The van der Waals surface area contributed by atoms with Crippen molar-refractivity contribution >= 4 is 27.6 Å². The SMILES string of the molecule is O=C(O)C1CC2CCCCC2N1S(=O)(=O)c1ccc(N2CCCC2=O)cc1. The summed E-state index contributed by atoms with van der Waals surface area (Å²) in [7, 11) is -3.91. The van der Waals surface area contributed by atoms with Crippen LogP contribution in [0, 0.1) is 5.92 Å². The molecule has 0 bridgehead atoms. The maximum atomic E-state index is 13.3. The molecule has 0 aromatic heterocycles. The summed E-state index contributed by atoms with van der Waals surface area (Å²) >= 11 is 0. The van der Waals surface area contributed by atoms with E-state index < -0.39 is 22.0 Å². The fraction of sp³-hybridized carbons (Fsp3) is 0.579. The largest absolute Gasteiger partial charge is 0.480 e. The van der Waals surface area contributed by atoms with Crippen LogP contribution in [-0.4, -0.2) is 48.3 Å². The van der Waals surface area contributed by atoms with Crippen LogP contribution in [-0.2, 0) is 19.6 Å². The van der Waals surface area contributed by atoms with Crippen LogP contribution in [0.25, 0.3) is 0 Å². The van der Waals surface area contributed by atoms with Crippen LogP contribution in [0.15, 0.2) is 29.2 Å². The molecule has 3 unspecified atom stereocenters. The van der Waals surface area contributed by atoms with Crippen LogP contribution in [0.1, 0.15) is 44.9 Å². The zero-order valence-electron chi connectivity index (χ0n) is 15.1. The summed E-state index contributed by atoms with van der Waals surface area (Å²) in [5.74, 6) is -0.912. The molecular weight excluding hydrogens is 368 g/mol.